The van der Waals surface area contributed by atoms with Gasteiger partial charge in [-0.15, -0.1) is 0 Å². The quantitative estimate of drug-likeness (QED) is 0.858. The van der Waals surface area contributed by atoms with Crippen molar-refractivity contribution in [2.24, 2.45) is 5.92 Å². The van der Waals surface area contributed by atoms with E-state index in [1.165, 1.54) is 11.3 Å². The molecule has 4 nitrogen and oxygen atoms in total. The lowest BCUT2D eigenvalue weighted by Gasteiger charge is -2.08. The van der Waals surface area contributed by atoms with E-state index in [-0.39, 0.29) is 0 Å². The number of rotatable bonds is 1. The lowest BCUT2D eigenvalue weighted by atomic mass is 10.2. The molecule has 1 aliphatic heterocycles. The first kappa shape index (κ1) is 11.3. The summed E-state index contributed by atoms with van der Waals surface area (Å²) < 4.78 is 11.5. The highest BCUT2D eigenvalue weighted by molar-refractivity contribution is 7.18. The molecule has 2 N–H and O–H groups in total. The molecular formula is C13H14N2O2S. The van der Waals surface area contributed by atoms with E-state index in [2.05, 4.69) is 11.9 Å². The van der Waals surface area contributed by atoms with E-state index in [1.54, 1.807) is 6.20 Å². The molecule has 0 fully saturated rings. The predicted octanol–water partition coefficient (Wildman–Crippen LogP) is 2.80. The molecule has 1 aliphatic rings. The number of benzene rings is 1. The predicted molar refractivity (Wildman–Crippen MR) is 72.1 cm³/mol. The van der Waals surface area contributed by atoms with E-state index >= 15 is 0 Å². The first-order valence-corrected chi connectivity index (χ1v) is 6.65. The highest BCUT2D eigenvalue weighted by atomic mass is 32.1. The summed E-state index contributed by atoms with van der Waals surface area (Å²) in [6.45, 7) is 3.48. The zero-order valence-electron chi connectivity index (χ0n) is 10.1. The van der Waals surface area contributed by atoms with E-state index in [0.29, 0.717) is 24.3 Å². The van der Waals surface area contributed by atoms with Crippen molar-refractivity contribution in [1.82, 2.24) is 4.98 Å². The molecule has 1 aromatic carbocycles. The van der Waals surface area contributed by atoms with Gasteiger partial charge in [0.25, 0.3) is 0 Å². The fourth-order valence-corrected chi connectivity index (χ4v) is 2.51. The van der Waals surface area contributed by atoms with Crippen molar-refractivity contribution >= 4 is 16.5 Å². The van der Waals surface area contributed by atoms with Crippen LogP contribution in [0.25, 0.3) is 10.4 Å². The van der Waals surface area contributed by atoms with Crippen LogP contribution < -0.4 is 15.2 Å². The average Bonchev–Trinajstić information content (AvgIpc) is 2.72. The minimum atomic E-state index is 0.403. The highest BCUT2D eigenvalue weighted by Crippen LogP contribution is 2.36. The Morgan fingerprint density at radius 1 is 1.28 bits per heavy atom. The Kier molecular flexibility index (Phi) is 2.83. The van der Waals surface area contributed by atoms with Gasteiger partial charge in [0.05, 0.1) is 18.1 Å². The van der Waals surface area contributed by atoms with Gasteiger partial charge in [-0.25, -0.2) is 4.98 Å². The maximum atomic E-state index is 5.76. The van der Waals surface area contributed by atoms with E-state index in [1.807, 2.05) is 18.2 Å². The molecule has 0 radical (unpaired) electrons. The maximum absolute atomic E-state index is 5.76. The van der Waals surface area contributed by atoms with E-state index < -0.39 is 0 Å². The van der Waals surface area contributed by atoms with Crippen LogP contribution in [0.1, 0.15) is 6.92 Å². The molecule has 0 aliphatic carbocycles. The number of hydrogen-bond donors (Lipinski definition) is 1. The van der Waals surface area contributed by atoms with Crippen LogP contribution in [0.15, 0.2) is 24.4 Å². The molecule has 0 bridgehead atoms. The van der Waals surface area contributed by atoms with Gasteiger partial charge in [-0.1, -0.05) is 18.3 Å². The van der Waals surface area contributed by atoms with Crippen molar-refractivity contribution < 1.29 is 9.47 Å². The molecule has 0 amide bonds. The number of fused-ring (bicyclic) bond motifs is 1. The normalized spacial score (nSPS) is 18.4. The Morgan fingerprint density at radius 3 is 2.78 bits per heavy atom. The molecule has 1 aromatic heterocycles. The van der Waals surface area contributed by atoms with Crippen molar-refractivity contribution in [3.8, 4) is 21.9 Å². The van der Waals surface area contributed by atoms with Crippen LogP contribution in [-0.2, 0) is 0 Å². The summed E-state index contributed by atoms with van der Waals surface area (Å²) in [7, 11) is 0. The summed E-state index contributed by atoms with van der Waals surface area (Å²) in [5, 5.41) is 0.575. The van der Waals surface area contributed by atoms with Crippen LogP contribution in [0.5, 0.6) is 11.5 Å². The van der Waals surface area contributed by atoms with Crippen molar-refractivity contribution in [2.45, 2.75) is 6.92 Å². The first-order chi connectivity index (χ1) is 8.72. The van der Waals surface area contributed by atoms with Crippen molar-refractivity contribution in [2.75, 3.05) is 18.9 Å². The summed E-state index contributed by atoms with van der Waals surface area (Å²) >= 11 is 1.47. The van der Waals surface area contributed by atoms with Gasteiger partial charge in [-0.3, -0.25) is 0 Å². The second-order valence-corrected chi connectivity index (χ2v) is 5.51. The molecule has 0 saturated carbocycles. The highest BCUT2D eigenvalue weighted by Gasteiger charge is 2.16. The molecule has 5 heteroatoms. The van der Waals surface area contributed by atoms with Crippen LogP contribution in [0.3, 0.4) is 0 Å². The Hall–Kier alpha value is -1.75. The monoisotopic (exact) mass is 262 g/mol. The van der Waals surface area contributed by atoms with E-state index in [4.69, 9.17) is 15.2 Å². The molecule has 3 rings (SSSR count). The average molecular weight is 262 g/mol. The SMILES string of the molecule is CC1COc2ccc(-c3cnc(N)s3)cc2OC1. The third kappa shape index (κ3) is 2.13. The van der Waals surface area contributed by atoms with Crippen LogP contribution >= 0.6 is 11.3 Å². The molecule has 1 unspecified atom stereocenters. The summed E-state index contributed by atoms with van der Waals surface area (Å²) in [5.41, 5.74) is 6.70. The molecule has 2 heterocycles. The number of aromatic nitrogens is 1. The van der Waals surface area contributed by atoms with Crippen molar-refractivity contribution in [1.29, 1.82) is 0 Å². The number of nitrogen functional groups attached to an aromatic ring is 1. The van der Waals surface area contributed by atoms with Gasteiger partial charge in [0.2, 0.25) is 0 Å². The molecule has 0 saturated heterocycles. The fourth-order valence-electron chi connectivity index (χ4n) is 1.83. The standard InChI is InChI=1S/C13H14N2O2S/c1-8-6-16-10-3-2-9(4-11(10)17-7-8)12-5-15-13(14)18-12/h2-5,8H,6-7H2,1H3,(H2,14,15). The summed E-state index contributed by atoms with van der Waals surface area (Å²) in [6, 6.07) is 5.93. The molecular weight excluding hydrogens is 248 g/mol. The van der Waals surface area contributed by atoms with Crippen molar-refractivity contribution in [3.05, 3.63) is 24.4 Å². The second kappa shape index (κ2) is 4.49. The molecule has 94 valence electrons. The minimum absolute atomic E-state index is 0.403. The maximum Gasteiger partial charge on any atom is 0.180 e. The topological polar surface area (TPSA) is 57.4 Å². The van der Waals surface area contributed by atoms with Crippen molar-refractivity contribution in [3.63, 3.8) is 0 Å². The zero-order chi connectivity index (χ0) is 12.5. The molecule has 1 atom stereocenters. The van der Waals surface area contributed by atoms with Crippen LogP contribution in [0.4, 0.5) is 5.13 Å². The number of ether oxygens (including phenoxy) is 2. The van der Waals surface area contributed by atoms with Crippen LogP contribution in [0, 0.1) is 5.92 Å². The van der Waals surface area contributed by atoms with Crippen LogP contribution in [0.2, 0.25) is 0 Å². The number of hydrogen-bond acceptors (Lipinski definition) is 5. The second-order valence-electron chi connectivity index (χ2n) is 4.45. The zero-order valence-corrected chi connectivity index (χ0v) is 10.9. The third-order valence-electron chi connectivity index (χ3n) is 2.80. The molecule has 0 spiro atoms. The number of nitrogens with two attached hydrogens (primary N) is 1. The molecule has 18 heavy (non-hydrogen) atoms. The Balaban J connectivity index is 1.96. The van der Waals surface area contributed by atoms with Gasteiger partial charge in [-0.2, -0.15) is 0 Å². The Labute approximate surface area is 109 Å². The lowest BCUT2D eigenvalue weighted by molar-refractivity contribution is 0.228. The lowest BCUT2D eigenvalue weighted by Crippen LogP contribution is -2.12. The van der Waals surface area contributed by atoms with E-state index in [9.17, 15) is 0 Å². The fraction of sp³-hybridized carbons (Fsp3) is 0.308. The van der Waals surface area contributed by atoms with Gasteiger partial charge < -0.3 is 15.2 Å². The Morgan fingerprint density at radius 2 is 2.06 bits per heavy atom. The summed E-state index contributed by atoms with van der Waals surface area (Å²) in [6.07, 6.45) is 1.78. The van der Waals surface area contributed by atoms with Crippen LogP contribution in [-0.4, -0.2) is 18.2 Å². The van der Waals surface area contributed by atoms with Gasteiger partial charge in [0.1, 0.15) is 0 Å². The first-order valence-electron chi connectivity index (χ1n) is 5.83. The van der Waals surface area contributed by atoms with Gasteiger partial charge in [0.15, 0.2) is 16.6 Å². The third-order valence-corrected chi connectivity index (χ3v) is 3.67. The minimum Gasteiger partial charge on any atom is -0.489 e. The van der Waals surface area contributed by atoms with Gasteiger partial charge >= 0.3 is 0 Å². The van der Waals surface area contributed by atoms with Gasteiger partial charge in [0, 0.05) is 12.1 Å². The smallest absolute Gasteiger partial charge is 0.180 e. The van der Waals surface area contributed by atoms with Gasteiger partial charge in [-0.05, 0) is 23.8 Å². The van der Waals surface area contributed by atoms with E-state index in [0.717, 1.165) is 21.9 Å². The number of thiazole rings is 1. The largest absolute Gasteiger partial charge is 0.489 e. The Bertz CT molecular complexity index is 568. The molecule has 2 aromatic rings. The number of nitrogens with zero attached hydrogens (tertiary/aromatic N) is 1. The number of anilines is 1. The summed E-state index contributed by atoms with van der Waals surface area (Å²) in [5.74, 6) is 2.00. The summed E-state index contributed by atoms with van der Waals surface area (Å²) in [4.78, 5) is 5.10.